The van der Waals surface area contributed by atoms with Crippen molar-refractivity contribution in [3.8, 4) is 11.1 Å². The Kier molecular flexibility index (Phi) is 3.37. The van der Waals surface area contributed by atoms with Crippen LogP contribution in [0.1, 0.15) is 11.1 Å². The van der Waals surface area contributed by atoms with Crippen molar-refractivity contribution in [1.82, 2.24) is 4.40 Å². The summed E-state index contributed by atoms with van der Waals surface area (Å²) in [6.45, 7) is 4.51. The van der Waals surface area contributed by atoms with Crippen LogP contribution in [0.25, 0.3) is 60.1 Å². The van der Waals surface area contributed by atoms with Crippen LogP contribution in [-0.4, -0.2) is 4.40 Å². The fourth-order valence-corrected chi connectivity index (χ4v) is 5.84. The van der Waals surface area contributed by atoms with Gasteiger partial charge in [-0.1, -0.05) is 54.6 Å². The van der Waals surface area contributed by atoms with E-state index in [9.17, 15) is 0 Å². The molecule has 0 aliphatic carbocycles. The second-order valence-electron chi connectivity index (χ2n) is 9.06. The monoisotopic (exact) mass is 411 g/mol. The van der Waals surface area contributed by atoms with Crippen LogP contribution in [-0.2, 0) is 7.05 Å². The number of aryl methyl sites for hydroxylation is 3. The van der Waals surface area contributed by atoms with Gasteiger partial charge in [-0.05, 0) is 59.7 Å². The number of aromatic nitrogens is 2. The lowest BCUT2D eigenvalue weighted by molar-refractivity contribution is -0.643. The predicted molar refractivity (Wildman–Crippen MR) is 135 cm³/mol. The summed E-state index contributed by atoms with van der Waals surface area (Å²) in [6.07, 6.45) is 2.21. The SMILES string of the molecule is Cc1cc(C)c2c3c1c1ccccc1n3c1cc(-c3ccccc3)cc3cc[n+](C)c2c31. The minimum absolute atomic E-state index is 1.25. The summed E-state index contributed by atoms with van der Waals surface area (Å²) < 4.78 is 4.81. The van der Waals surface area contributed by atoms with Crippen LogP contribution in [0.3, 0.4) is 0 Å². The topological polar surface area (TPSA) is 8.29 Å². The lowest BCUT2D eigenvalue weighted by Gasteiger charge is -2.15. The van der Waals surface area contributed by atoms with Gasteiger partial charge in [0.25, 0.3) is 0 Å². The van der Waals surface area contributed by atoms with Crippen molar-refractivity contribution < 1.29 is 4.57 Å². The molecule has 7 rings (SSSR count). The summed E-state index contributed by atoms with van der Waals surface area (Å²) in [6, 6.07) is 28.9. The highest BCUT2D eigenvalue weighted by molar-refractivity contribution is 6.26. The first-order valence-corrected chi connectivity index (χ1v) is 11.2. The Morgan fingerprint density at radius 2 is 1.41 bits per heavy atom. The first-order valence-electron chi connectivity index (χ1n) is 11.2. The molecule has 0 aliphatic rings. The maximum Gasteiger partial charge on any atom is 0.224 e. The van der Waals surface area contributed by atoms with Gasteiger partial charge in [-0.25, -0.2) is 4.57 Å². The van der Waals surface area contributed by atoms with Crippen LogP contribution in [0.4, 0.5) is 0 Å². The molecule has 0 N–H and O–H groups in total. The molecular weight excluding hydrogens is 388 g/mol. The Labute approximate surface area is 186 Å². The number of hydrogen-bond acceptors (Lipinski definition) is 0. The lowest BCUT2D eigenvalue weighted by Crippen LogP contribution is -2.29. The van der Waals surface area contributed by atoms with E-state index in [0.29, 0.717) is 0 Å². The highest BCUT2D eigenvalue weighted by Crippen LogP contribution is 2.43. The second-order valence-corrected chi connectivity index (χ2v) is 9.06. The third-order valence-corrected chi connectivity index (χ3v) is 7.13. The smallest absolute Gasteiger partial charge is 0.224 e. The number of fused-ring (bicyclic) bond motifs is 5. The van der Waals surface area contributed by atoms with Crippen molar-refractivity contribution in [1.29, 1.82) is 0 Å². The third kappa shape index (κ3) is 2.12. The van der Waals surface area contributed by atoms with Gasteiger partial charge in [0.05, 0.1) is 27.3 Å². The van der Waals surface area contributed by atoms with Gasteiger partial charge in [0.15, 0.2) is 6.20 Å². The zero-order valence-electron chi connectivity index (χ0n) is 18.5. The Bertz CT molecular complexity index is 1840. The summed E-state index contributed by atoms with van der Waals surface area (Å²) in [5.74, 6) is 0. The fraction of sp³-hybridized carbons (Fsp3) is 0.100. The molecule has 152 valence electrons. The molecule has 0 bridgehead atoms. The zero-order chi connectivity index (χ0) is 21.6. The van der Waals surface area contributed by atoms with E-state index in [4.69, 9.17) is 0 Å². The standard InChI is InChI=1S/C30H23N2/c1-18-15-19(2)27-29-28-21(13-14-31(29)3)16-22(20-9-5-4-6-10-20)17-25(28)32-24-12-8-7-11-23(24)26(18)30(27)32/h4-17H,1-3H3/q+1. The normalized spacial score (nSPS) is 12.2. The van der Waals surface area contributed by atoms with E-state index in [1.165, 1.54) is 71.3 Å². The van der Waals surface area contributed by atoms with E-state index < -0.39 is 0 Å². The number of pyridine rings is 2. The largest absolute Gasteiger partial charge is 0.307 e. The van der Waals surface area contributed by atoms with Crippen LogP contribution in [0.2, 0.25) is 0 Å². The van der Waals surface area contributed by atoms with Crippen LogP contribution in [0.15, 0.2) is 85.1 Å². The molecule has 3 heterocycles. The number of rotatable bonds is 1. The zero-order valence-corrected chi connectivity index (χ0v) is 18.5. The van der Waals surface area contributed by atoms with Crippen molar-refractivity contribution in [2.24, 2.45) is 7.05 Å². The molecule has 0 atom stereocenters. The van der Waals surface area contributed by atoms with Crippen LogP contribution in [0, 0.1) is 13.8 Å². The Balaban J connectivity index is 1.87. The molecule has 3 aromatic heterocycles. The van der Waals surface area contributed by atoms with Crippen LogP contribution < -0.4 is 4.57 Å². The maximum absolute atomic E-state index is 2.52. The molecule has 4 aromatic carbocycles. The number of para-hydroxylation sites is 1. The van der Waals surface area contributed by atoms with E-state index >= 15 is 0 Å². The molecular formula is C30H23N2+. The van der Waals surface area contributed by atoms with Crippen molar-refractivity contribution in [2.45, 2.75) is 13.8 Å². The molecule has 0 spiro atoms. The van der Waals surface area contributed by atoms with Gasteiger partial charge in [-0.15, -0.1) is 0 Å². The maximum atomic E-state index is 2.52. The Morgan fingerprint density at radius 3 is 2.25 bits per heavy atom. The molecule has 2 heteroatoms. The Morgan fingerprint density at radius 1 is 0.656 bits per heavy atom. The van der Waals surface area contributed by atoms with Gasteiger partial charge in [-0.2, -0.15) is 0 Å². The van der Waals surface area contributed by atoms with Gasteiger partial charge >= 0.3 is 0 Å². The van der Waals surface area contributed by atoms with Crippen molar-refractivity contribution in [3.05, 3.63) is 96.2 Å². The molecule has 0 saturated heterocycles. The number of hydrogen-bond donors (Lipinski definition) is 0. The van der Waals surface area contributed by atoms with E-state index in [0.717, 1.165) is 0 Å². The van der Waals surface area contributed by atoms with Crippen molar-refractivity contribution in [2.75, 3.05) is 0 Å². The quantitative estimate of drug-likeness (QED) is 0.155. The lowest BCUT2D eigenvalue weighted by atomic mass is 9.95. The molecule has 0 unspecified atom stereocenters. The summed E-state index contributed by atoms with van der Waals surface area (Å²) in [5, 5.41) is 6.67. The van der Waals surface area contributed by atoms with Gasteiger partial charge < -0.3 is 4.40 Å². The first-order chi connectivity index (χ1) is 15.6. The van der Waals surface area contributed by atoms with Crippen molar-refractivity contribution in [3.63, 3.8) is 0 Å². The molecule has 0 amide bonds. The number of benzene rings is 4. The summed E-state index contributed by atoms with van der Waals surface area (Å²) in [4.78, 5) is 0. The molecule has 0 radical (unpaired) electrons. The fourth-order valence-electron chi connectivity index (χ4n) is 5.84. The average molecular weight is 412 g/mol. The molecule has 2 nitrogen and oxygen atoms in total. The Hall–Kier alpha value is -3.91. The summed E-state index contributed by atoms with van der Waals surface area (Å²) in [7, 11) is 2.17. The molecule has 32 heavy (non-hydrogen) atoms. The summed E-state index contributed by atoms with van der Waals surface area (Å²) in [5.41, 5.74) is 10.4. The minimum Gasteiger partial charge on any atom is -0.307 e. The molecule has 0 fully saturated rings. The predicted octanol–water partition coefficient (Wildman–Crippen LogP) is 7.10. The molecule has 0 saturated carbocycles. The van der Waals surface area contributed by atoms with Gasteiger partial charge in [0.1, 0.15) is 7.05 Å². The van der Waals surface area contributed by atoms with Gasteiger partial charge in [-0.3, -0.25) is 0 Å². The van der Waals surface area contributed by atoms with Crippen LogP contribution in [0.5, 0.6) is 0 Å². The van der Waals surface area contributed by atoms with Gasteiger partial charge in [0.2, 0.25) is 5.52 Å². The molecule has 0 aliphatic heterocycles. The van der Waals surface area contributed by atoms with E-state index in [2.05, 4.69) is 115 Å². The molecule has 7 aromatic rings. The van der Waals surface area contributed by atoms with E-state index in [-0.39, 0.29) is 0 Å². The number of nitrogens with zero attached hydrogens (tertiary/aromatic N) is 2. The van der Waals surface area contributed by atoms with E-state index in [1.54, 1.807) is 0 Å². The van der Waals surface area contributed by atoms with Gasteiger partial charge in [0, 0.05) is 16.8 Å². The minimum atomic E-state index is 1.25. The highest BCUT2D eigenvalue weighted by Gasteiger charge is 2.25. The van der Waals surface area contributed by atoms with Crippen molar-refractivity contribution >= 4 is 49.0 Å². The second kappa shape index (κ2) is 6.08. The first kappa shape index (κ1) is 17.7. The average Bonchev–Trinajstić information content (AvgIpc) is 3.16. The highest BCUT2D eigenvalue weighted by atomic mass is 15.0. The summed E-state index contributed by atoms with van der Waals surface area (Å²) >= 11 is 0. The third-order valence-electron chi connectivity index (χ3n) is 7.13. The van der Waals surface area contributed by atoms with E-state index in [1.807, 2.05) is 0 Å². The van der Waals surface area contributed by atoms with Crippen LogP contribution >= 0.6 is 0 Å².